The van der Waals surface area contributed by atoms with Crippen LogP contribution in [0.2, 0.25) is 0 Å². The summed E-state index contributed by atoms with van der Waals surface area (Å²) in [6.07, 6.45) is 2.04. The number of hydrogen-bond donors (Lipinski definition) is 1. The second-order valence-corrected chi connectivity index (χ2v) is 5.96. The molecule has 0 spiro atoms. The van der Waals surface area contributed by atoms with Crippen molar-refractivity contribution in [1.82, 2.24) is 14.7 Å². The Morgan fingerprint density at radius 2 is 2.14 bits per heavy atom. The highest BCUT2D eigenvalue weighted by atomic mass is 32.1. The molecule has 1 aliphatic rings. The maximum atomic E-state index is 12.2. The largest absolute Gasteiger partial charge is 0.394 e. The second-order valence-electron chi connectivity index (χ2n) is 5.01. The number of nitrogens with zero attached hydrogens (tertiary/aromatic N) is 3. The molecule has 1 saturated heterocycles. The number of anilines is 1. The van der Waals surface area contributed by atoms with Crippen molar-refractivity contribution in [1.29, 1.82) is 0 Å². The van der Waals surface area contributed by atoms with E-state index in [0.717, 1.165) is 30.8 Å². The van der Waals surface area contributed by atoms with Gasteiger partial charge in [0.1, 0.15) is 17.9 Å². The van der Waals surface area contributed by atoms with E-state index in [1.807, 2.05) is 17.5 Å². The number of rotatable bonds is 3. The number of thiophene rings is 1. The molecule has 6 nitrogen and oxygen atoms in total. The monoisotopic (exact) mass is 304 g/mol. The molecule has 0 atom stereocenters. The van der Waals surface area contributed by atoms with E-state index in [9.17, 15) is 9.59 Å². The molecule has 7 heteroatoms. The van der Waals surface area contributed by atoms with E-state index < -0.39 is 5.56 Å². The van der Waals surface area contributed by atoms with Gasteiger partial charge in [-0.15, -0.1) is 11.3 Å². The zero-order valence-electron chi connectivity index (χ0n) is 11.5. The molecule has 0 unspecified atom stereocenters. The minimum atomic E-state index is -0.414. The van der Waals surface area contributed by atoms with Gasteiger partial charge in [-0.2, -0.15) is 5.10 Å². The maximum Gasteiger partial charge on any atom is 0.290 e. The predicted octanol–water partition coefficient (Wildman–Crippen LogP) is 1.18. The number of aromatic nitrogens is 2. The first kappa shape index (κ1) is 13.8. The standard InChI is InChI=1S/C14H16N4O2S/c15-10-8-11(12-4-3-7-21-12)16-18(14(10)20)9-13(19)17-5-1-2-6-17/h3-4,7-8H,1-2,5-6,9,15H2. The maximum absolute atomic E-state index is 12.2. The Morgan fingerprint density at radius 1 is 1.38 bits per heavy atom. The Kier molecular flexibility index (Phi) is 3.74. The third-order valence-corrected chi connectivity index (χ3v) is 4.41. The summed E-state index contributed by atoms with van der Waals surface area (Å²) in [5.41, 5.74) is 6.08. The van der Waals surface area contributed by atoms with Gasteiger partial charge in [0.15, 0.2) is 0 Å². The van der Waals surface area contributed by atoms with E-state index in [1.54, 1.807) is 11.0 Å². The van der Waals surface area contributed by atoms with Crippen LogP contribution in [0.15, 0.2) is 28.4 Å². The summed E-state index contributed by atoms with van der Waals surface area (Å²) >= 11 is 1.51. The van der Waals surface area contributed by atoms with Crippen LogP contribution in [0.1, 0.15) is 12.8 Å². The van der Waals surface area contributed by atoms with Crippen LogP contribution in [0.5, 0.6) is 0 Å². The second kappa shape index (κ2) is 5.69. The Labute approximate surface area is 125 Å². The third kappa shape index (κ3) is 2.82. The average Bonchev–Trinajstić information content (AvgIpc) is 3.15. The molecule has 3 rings (SSSR count). The predicted molar refractivity (Wildman–Crippen MR) is 82.0 cm³/mol. The fraction of sp³-hybridized carbons (Fsp3) is 0.357. The molecule has 0 saturated carbocycles. The minimum Gasteiger partial charge on any atom is -0.394 e. The molecular formula is C14H16N4O2S. The number of carbonyl (C=O) groups is 1. The van der Waals surface area contributed by atoms with Gasteiger partial charge >= 0.3 is 0 Å². The minimum absolute atomic E-state index is 0.0533. The van der Waals surface area contributed by atoms with Crippen LogP contribution in [0, 0.1) is 0 Å². The molecule has 0 aromatic carbocycles. The molecule has 0 radical (unpaired) electrons. The first-order valence-corrected chi connectivity index (χ1v) is 7.72. The first-order chi connectivity index (χ1) is 10.1. The number of nitrogen functional groups attached to an aromatic ring is 1. The zero-order valence-corrected chi connectivity index (χ0v) is 12.3. The molecule has 3 heterocycles. The van der Waals surface area contributed by atoms with E-state index in [2.05, 4.69) is 5.10 Å². The SMILES string of the molecule is Nc1cc(-c2cccs2)nn(CC(=O)N2CCCC2)c1=O. The first-order valence-electron chi connectivity index (χ1n) is 6.84. The van der Waals surface area contributed by atoms with Crippen LogP contribution in [0.4, 0.5) is 5.69 Å². The van der Waals surface area contributed by atoms with Crippen LogP contribution < -0.4 is 11.3 Å². The van der Waals surface area contributed by atoms with Crippen LogP contribution >= 0.6 is 11.3 Å². The van der Waals surface area contributed by atoms with Gasteiger partial charge in [0.05, 0.1) is 4.88 Å². The fourth-order valence-electron chi connectivity index (χ4n) is 2.41. The summed E-state index contributed by atoms with van der Waals surface area (Å²) in [7, 11) is 0. The van der Waals surface area contributed by atoms with Crippen LogP contribution in [-0.4, -0.2) is 33.7 Å². The van der Waals surface area contributed by atoms with Crippen molar-refractivity contribution in [3.8, 4) is 10.6 Å². The van der Waals surface area contributed by atoms with Crippen molar-refractivity contribution in [3.05, 3.63) is 33.9 Å². The molecule has 0 bridgehead atoms. The van der Waals surface area contributed by atoms with Gasteiger partial charge < -0.3 is 10.6 Å². The number of amides is 1. The summed E-state index contributed by atoms with van der Waals surface area (Å²) < 4.78 is 1.17. The van der Waals surface area contributed by atoms with Crippen molar-refractivity contribution in [2.45, 2.75) is 19.4 Å². The molecule has 1 fully saturated rings. The van der Waals surface area contributed by atoms with E-state index >= 15 is 0 Å². The molecule has 2 N–H and O–H groups in total. The smallest absolute Gasteiger partial charge is 0.290 e. The number of likely N-dealkylation sites (tertiary alicyclic amines) is 1. The van der Waals surface area contributed by atoms with E-state index in [4.69, 9.17) is 5.73 Å². The Bertz CT molecular complexity index is 702. The summed E-state index contributed by atoms with van der Waals surface area (Å²) in [5.74, 6) is -0.0789. The van der Waals surface area contributed by atoms with Crippen LogP contribution in [0.25, 0.3) is 10.6 Å². The molecule has 2 aromatic heterocycles. The van der Waals surface area contributed by atoms with Crippen molar-refractivity contribution in [2.24, 2.45) is 0 Å². The Balaban J connectivity index is 1.90. The van der Waals surface area contributed by atoms with Gasteiger partial charge in [0.2, 0.25) is 5.91 Å². The highest BCUT2D eigenvalue weighted by molar-refractivity contribution is 7.13. The van der Waals surface area contributed by atoms with E-state index in [0.29, 0.717) is 5.69 Å². The normalized spacial score (nSPS) is 14.6. The van der Waals surface area contributed by atoms with Gasteiger partial charge in [0, 0.05) is 13.1 Å². The number of nitrogens with two attached hydrogens (primary N) is 1. The molecule has 0 aliphatic carbocycles. The third-order valence-electron chi connectivity index (χ3n) is 3.52. The van der Waals surface area contributed by atoms with Crippen molar-refractivity contribution < 1.29 is 4.79 Å². The Morgan fingerprint density at radius 3 is 2.81 bits per heavy atom. The van der Waals surface area contributed by atoms with E-state index in [1.165, 1.54) is 16.0 Å². The molecule has 21 heavy (non-hydrogen) atoms. The summed E-state index contributed by atoms with van der Waals surface area (Å²) in [6.45, 7) is 1.46. The Hall–Kier alpha value is -2.15. The quantitative estimate of drug-likeness (QED) is 0.923. The lowest BCUT2D eigenvalue weighted by Crippen LogP contribution is -2.36. The van der Waals surface area contributed by atoms with Crippen LogP contribution in [0.3, 0.4) is 0 Å². The number of carbonyl (C=O) groups excluding carboxylic acids is 1. The zero-order chi connectivity index (χ0) is 14.8. The summed E-state index contributed by atoms with van der Waals surface area (Å²) in [5, 5.41) is 6.20. The summed E-state index contributed by atoms with van der Waals surface area (Å²) in [6, 6.07) is 5.37. The van der Waals surface area contributed by atoms with Gasteiger partial charge in [-0.05, 0) is 30.4 Å². The van der Waals surface area contributed by atoms with Gasteiger partial charge in [-0.3, -0.25) is 9.59 Å². The van der Waals surface area contributed by atoms with Crippen LogP contribution in [-0.2, 0) is 11.3 Å². The molecule has 1 amide bonds. The lowest BCUT2D eigenvalue weighted by molar-refractivity contribution is -0.131. The van der Waals surface area contributed by atoms with Crippen molar-refractivity contribution in [2.75, 3.05) is 18.8 Å². The van der Waals surface area contributed by atoms with Crippen molar-refractivity contribution in [3.63, 3.8) is 0 Å². The van der Waals surface area contributed by atoms with Gasteiger partial charge in [-0.25, -0.2) is 4.68 Å². The average molecular weight is 304 g/mol. The van der Waals surface area contributed by atoms with E-state index in [-0.39, 0.29) is 18.1 Å². The fourth-order valence-corrected chi connectivity index (χ4v) is 3.09. The molecule has 110 valence electrons. The lowest BCUT2D eigenvalue weighted by Gasteiger charge is -2.16. The lowest BCUT2D eigenvalue weighted by atomic mass is 10.3. The molecule has 1 aliphatic heterocycles. The topological polar surface area (TPSA) is 81.2 Å². The molecular weight excluding hydrogens is 288 g/mol. The number of hydrogen-bond acceptors (Lipinski definition) is 5. The highest BCUT2D eigenvalue weighted by Crippen LogP contribution is 2.22. The highest BCUT2D eigenvalue weighted by Gasteiger charge is 2.19. The molecule has 2 aromatic rings. The van der Waals surface area contributed by atoms with Gasteiger partial charge in [-0.1, -0.05) is 6.07 Å². The van der Waals surface area contributed by atoms with Crippen molar-refractivity contribution >= 4 is 22.9 Å². The van der Waals surface area contributed by atoms with Gasteiger partial charge in [0.25, 0.3) is 5.56 Å². The summed E-state index contributed by atoms with van der Waals surface area (Å²) in [4.78, 5) is 26.9.